The molecule has 0 radical (unpaired) electrons. The molecule has 0 fully saturated rings. The van der Waals surface area contributed by atoms with Gasteiger partial charge in [0.05, 0.1) is 22.3 Å². The van der Waals surface area contributed by atoms with E-state index in [0.29, 0.717) is 23.1 Å². The largest absolute Gasteiger partial charge is 0.505 e. The van der Waals surface area contributed by atoms with Gasteiger partial charge in [-0.2, -0.15) is 4.98 Å². The number of hydrogen-bond donors (Lipinski definition) is 4. The van der Waals surface area contributed by atoms with Gasteiger partial charge in [-0.3, -0.25) is 4.98 Å². The smallest absolute Gasteiger partial charge is 0.225 e. The first-order valence-corrected chi connectivity index (χ1v) is 8.83. The zero-order valence-corrected chi connectivity index (χ0v) is 15.8. The van der Waals surface area contributed by atoms with Crippen LogP contribution in [0.5, 0.6) is 5.75 Å². The molecule has 0 aliphatic heterocycles. The number of rotatable bonds is 6. The zero-order chi connectivity index (χ0) is 19.4. The van der Waals surface area contributed by atoms with E-state index in [4.69, 9.17) is 23.2 Å². The monoisotopic (exact) mass is 405 g/mol. The third kappa shape index (κ3) is 4.77. The minimum atomic E-state index is -0.223. The van der Waals surface area contributed by atoms with Crippen molar-refractivity contribution in [3.63, 3.8) is 0 Å². The van der Waals surface area contributed by atoms with Crippen molar-refractivity contribution >= 4 is 40.7 Å². The number of nitrogens with zero attached hydrogens (tertiary/aromatic N) is 3. The maximum Gasteiger partial charge on any atom is 0.225 e. The quantitative estimate of drug-likeness (QED) is 0.457. The number of aromatic hydroxyl groups is 1. The van der Waals surface area contributed by atoms with E-state index in [1.807, 2.05) is 19.1 Å². The van der Waals surface area contributed by atoms with Crippen molar-refractivity contribution in [1.82, 2.24) is 15.0 Å². The van der Waals surface area contributed by atoms with Crippen LogP contribution < -0.4 is 10.6 Å². The van der Waals surface area contributed by atoms with Gasteiger partial charge in [-0.25, -0.2) is 4.98 Å². The summed E-state index contributed by atoms with van der Waals surface area (Å²) in [5, 5.41) is 25.4. The van der Waals surface area contributed by atoms with E-state index in [1.165, 1.54) is 12.1 Å². The van der Waals surface area contributed by atoms with Crippen LogP contribution in [0.25, 0.3) is 11.3 Å². The fraction of sp³-hybridized carbons (Fsp3) is 0.167. The van der Waals surface area contributed by atoms with Crippen LogP contribution in [0, 0.1) is 0 Å². The summed E-state index contributed by atoms with van der Waals surface area (Å²) in [7, 11) is 0. The normalized spacial score (nSPS) is 11.9. The Labute approximate surface area is 166 Å². The van der Waals surface area contributed by atoms with Gasteiger partial charge in [0.15, 0.2) is 5.75 Å². The van der Waals surface area contributed by atoms with E-state index in [-0.39, 0.29) is 28.4 Å². The molecular formula is C18H17Cl2N5O2. The number of aromatic nitrogens is 3. The summed E-state index contributed by atoms with van der Waals surface area (Å²) in [6.07, 6.45) is 3.37. The van der Waals surface area contributed by atoms with Gasteiger partial charge >= 0.3 is 0 Å². The number of aliphatic hydroxyl groups is 1. The summed E-state index contributed by atoms with van der Waals surface area (Å²) >= 11 is 12.0. The molecule has 0 unspecified atom stereocenters. The third-order valence-corrected chi connectivity index (χ3v) is 4.20. The lowest BCUT2D eigenvalue weighted by molar-refractivity contribution is 0.281. The molecule has 140 valence electrons. The number of halogens is 2. The predicted molar refractivity (Wildman–Crippen MR) is 107 cm³/mol. The Hall–Kier alpha value is -2.61. The molecule has 3 aromatic rings. The van der Waals surface area contributed by atoms with Crippen LogP contribution in [-0.4, -0.2) is 37.8 Å². The molecule has 1 aromatic carbocycles. The highest BCUT2D eigenvalue weighted by Gasteiger charge is 2.11. The Morgan fingerprint density at radius 1 is 1.15 bits per heavy atom. The Kier molecular flexibility index (Phi) is 5.95. The first kappa shape index (κ1) is 19.2. The van der Waals surface area contributed by atoms with E-state index >= 15 is 0 Å². The number of anilines is 3. The fourth-order valence-corrected chi connectivity index (χ4v) is 2.78. The number of nitrogens with one attached hydrogen (secondary N) is 2. The molecule has 2 heterocycles. The molecule has 2 aromatic heterocycles. The van der Waals surface area contributed by atoms with Crippen molar-refractivity contribution in [2.75, 3.05) is 17.2 Å². The highest BCUT2D eigenvalue weighted by Crippen LogP contribution is 2.35. The summed E-state index contributed by atoms with van der Waals surface area (Å²) in [5.74, 6) is 0.646. The molecular weight excluding hydrogens is 389 g/mol. The minimum absolute atomic E-state index is 0.0631. The fourth-order valence-electron chi connectivity index (χ4n) is 2.29. The second kappa shape index (κ2) is 8.39. The summed E-state index contributed by atoms with van der Waals surface area (Å²) < 4.78 is 0. The van der Waals surface area contributed by atoms with Crippen molar-refractivity contribution in [3.8, 4) is 17.0 Å². The first-order chi connectivity index (χ1) is 13.0. The van der Waals surface area contributed by atoms with E-state index < -0.39 is 0 Å². The van der Waals surface area contributed by atoms with Gasteiger partial charge in [-0.15, -0.1) is 0 Å². The van der Waals surface area contributed by atoms with E-state index in [1.54, 1.807) is 18.5 Å². The Balaban J connectivity index is 1.99. The van der Waals surface area contributed by atoms with Crippen molar-refractivity contribution < 1.29 is 10.2 Å². The topological polar surface area (TPSA) is 103 Å². The Bertz CT molecular complexity index is 917. The van der Waals surface area contributed by atoms with Crippen LogP contribution >= 0.6 is 23.2 Å². The Morgan fingerprint density at radius 3 is 2.52 bits per heavy atom. The van der Waals surface area contributed by atoms with Gasteiger partial charge in [-0.05, 0) is 31.2 Å². The second-order valence-corrected chi connectivity index (χ2v) is 6.66. The molecule has 3 rings (SSSR count). The lowest BCUT2D eigenvalue weighted by atomic mass is 10.2. The molecule has 0 aliphatic rings. The van der Waals surface area contributed by atoms with Gasteiger partial charge in [0.2, 0.25) is 5.95 Å². The average Bonchev–Trinajstić information content (AvgIpc) is 2.66. The highest BCUT2D eigenvalue weighted by molar-refractivity contribution is 6.37. The Morgan fingerprint density at radius 2 is 1.89 bits per heavy atom. The molecule has 1 atom stereocenters. The second-order valence-electron chi connectivity index (χ2n) is 5.85. The number of pyridine rings is 1. The molecule has 0 amide bonds. The number of aliphatic hydroxyl groups excluding tert-OH is 1. The van der Waals surface area contributed by atoms with Crippen molar-refractivity contribution in [2.45, 2.75) is 13.0 Å². The van der Waals surface area contributed by atoms with Crippen molar-refractivity contribution in [2.24, 2.45) is 0 Å². The van der Waals surface area contributed by atoms with Gasteiger partial charge < -0.3 is 20.8 Å². The van der Waals surface area contributed by atoms with Gasteiger partial charge in [0.25, 0.3) is 0 Å². The lowest BCUT2D eigenvalue weighted by Crippen LogP contribution is -2.21. The van der Waals surface area contributed by atoms with Crippen LogP contribution in [0.15, 0.2) is 42.7 Å². The lowest BCUT2D eigenvalue weighted by Gasteiger charge is -2.14. The summed E-state index contributed by atoms with van der Waals surface area (Å²) in [4.78, 5) is 13.0. The number of hydrogen-bond acceptors (Lipinski definition) is 7. The molecule has 0 aliphatic carbocycles. The third-order valence-electron chi connectivity index (χ3n) is 3.62. The van der Waals surface area contributed by atoms with Crippen molar-refractivity contribution in [1.29, 1.82) is 0 Å². The standard InChI is InChI=1S/C18H17Cl2N5O2/c1-10(9-26)22-18-24-15(11-3-2-4-21-8-11)7-16(25-18)23-12-5-13(19)17(27)14(20)6-12/h2-8,10,26-27H,9H2,1H3,(H2,22,23,24,25)/t10-/m0/s1. The molecule has 27 heavy (non-hydrogen) atoms. The van der Waals surface area contributed by atoms with Gasteiger partial charge in [-0.1, -0.05) is 23.2 Å². The van der Waals surface area contributed by atoms with E-state index in [9.17, 15) is 10.2 Å². The van der Waals surface area contributed by atoms with Gasteiger partial charge in [0, 0.05) is 35.8 Å². The molecule has 0 bridgehead atoms. The summed E-state index contributed by atoms with van der Waals surface area (Å²) in [6, 6.07) is 8.30. The molecule has 4 N–H and O–H groups in total. The highest BCUT2D eigenvalue weighted by atomic mass is 35.5. The van der Waals surface area contributed by atoms with Crippen LogP contribution in [0.2, 0.25) is 10.0 Å². The van der Waals surface area contributed by atoms with Crippen LogP contribution in [0.4, 0.5) is 17.5 Å². The SMILES string of the molecule is C[C@@H](CO)Nc1nc(Nc2cc(Cl)c(O)c(Cl)c2)cc(-c2cccnc2)n1. The van der Waals surface area contributed by atoms with E-state index in [2.05, 4.69) is 25.6 Å². The predicted octanol–water partition coefficient (Wildman–Crippen LogP) is 4.09. The maximum atomic E-state index is 9.70. The minimum Gasteiger partial charge on any atom is -0.505 e. The maximum absolute atomic E-state index is 9.70. The average molecular weight is 406 g/mol. The van der Waals surface area contributed by atoms with Gasteiger partial charge in [0.1, 0.15) is 5.82 Å². The molecule has 0 saturated carbocycles. The number of phenols is 1. The molecule has 7 nitrogen and oxygen atoms in total. The zero-order valence-electron chi connectivity index (χ0n) is 14.3. The van der Waals surface area contributed by atoms with E-state index in [0.717, 1.165) is 5.56 Å². The van der Waals surface area contributed by atoms with Crippen LogP contribution in [0.1, 0.15) is 6.92 Å². The molecule has 0 saturated heterocycles. The summed E-state index contributed by atoms with van der Waals surface area (Å²) in [6.45, 7) is 1.75. The number of phenolic OH excluding ortho intramolecular Hbond substituents is 1. The van der Waals surface area contributed by atoms with Crippen LogP contribution in [0.3, 0.4) is 0 Å². The van der Waals surface area contributed by atoms with Crippen LogP contribution in [-0.2, 0) is 0 Å². The summed E-state index contributed by atoms with van der Waals surface area (Å²) in [5.41, 5.74) is 2.01. The first-order valence-electron chi connectivity index (χ1n) is 8.08. The molecule has 0 spiro atoms. The number of benzene rings is 1. The molecule has 9 heteroatoms. The van der Waals surface area contributed by atoms with Crippen molar-refractivity contribution in [3.05, 3.63) is 52.8 Å².